The second-order valence-electron chi connectivity index (χ2n) is 6.95. The first-order valence-electron chi connectivity index (χ1n) is 9.09. The first-order valence-corrected chi connectivity index (χ1v) is 9.09. The van der Waals surface area contributed by atoms with Crippen molar-refractivity contribution >= 4 is 5.91 Å². The number of hydrogen-bond acceptors (Lipinski definition) is 3. The van der Waals surface area contributed by atoms with Gasteiger partial charge in [-0.05, 0) is 49.1 Å². The summed E-state index contributed by atoms with van der Waals surface area (Å²) in [5.41, 5.74) is 1.84. The van der Waals surface area contributed by atoms with E-state index >= 15 is 0 Å². The summed E-state index contributed by atoms with van der Waals surface area (Å²) in [4.78, 5) is 14.9. The molecule has 2 fully saturated rings. The van der Waals surface area contributed by atoms with Gasteiger partial charge in [-0.3, -0.25) is 4.79 Å². The molecule has 1 amide bonds. The molecule has 0 aromatic heterocycles. The summed E-state index contributed by atoms with van der Waals surface area (Å²) in [5.74, 6) is 1.47. The SMILES string of the molecule is O=C(c1cccc(OCc2ccccc2)c1)N1CCC2NCCC2C1. The second kappa shape index (κ2) is 7.28. The van der Waals surface area contributed by atoms with E-state index in [2.05, 4.69) is 5.32 Å². The number of amides is 1. The number of piperidine rings is 1. The molecule has 2 aromatic rings. The molecule has 0 aliphatic carbocycles. The fraction of sp³-hybridized carbons (Fsp3) is 0.381. The van der Waals surface area contributed by atoms with Crippen molar-refractivity contribution in [1.82, 2.24) is 10.2 Å². The Hall–Kier alpha value is -2.33. The first-order chi connectivity index (χ1) is 12.3. The molecule has 0 saturated carbocycles. The lowest BCUT2D eigenvalue weighted by molar-refractivity contribution is 0.0661. The van der Waals surface area contributed by atoms with Gasteiger partial charge in [0.25, 0.3) is 5.91 Å². The first kappa shape index (κ1) is 16.2. The molecule has 2 aromatic carbocycles. The molecule has 4 nitrogen and oxygen atoms in total. The fourth-order valence-electron chi connectivity index (χ4n) is 3.87. The molecule has 4 rings (SSSR count). The van der Waals surface area contributed by atoms with Crippen molar-refractivity contribution in [3.05, 3.63) is 65.7 Å². The Morgan fingerprint density at radius 2 is 2.00 bits per heavy atom. The summed E-state index contributed by atoms with van der Waals surface area (Å²) in [5, 5.41) is 3.54. The zero-order valence-corrected chi connectivity index (χ0v) is 14.4. The van der Waals surface area contributed by atoms with Gasteiger partial charge in [-0.25, -0.2) is 0 Å². The van der Waals surface area contributed by atoms with Crippen molar-refractivity contribution in [2.75, 3.05) is 19.6 Å². The predicted molar refractivity (Wildman–Crippen MR) is 97.6 cm³/mol. The lowest BCUT2D eigenvalue weighted by Gasteiger charge is -2.35. The maximum Gasteiger partial charge on any atom is 0.253 e. The van der Waals surface area contributed by atoms with Gasteiger partial charge in [0, 0.05) is 24.7 Å². The van der Waals surface area contributed by atoms with Crippen molar-refractivity contribution in [3.8, 4) is 5.75 Å². The van der Waals surface area contributed by atoms with Gasteiger partial charge in [-0.1, -0.05) is 36.4 Å². The molecule has 1 N–H and O–H groups in total. The Bertz CT molecular complexity index is 732. The average Bonchev–Trinajstić information content (AvgIpc) is 3.14. The van der Waals surface area contributed by atoms with Crippen LogP contribution in [0.4, 0.5) is 0 Å². The molecular formula is C21H24N2O2. The van der Waals surface area contributed by atoms with E-state index in [0.717, 1.165) is 42.9 Å². The van der Waals surface area contributed by atoms with Crippen molar-refractivity contribution in [1.29, 1.82) is 0 Å². The van der Waals surface area contributed by atoms with Crippen LogP contribution in [0.1, 0.15) is 28.8 Å². The number of carbonyl (C=O) groups excluding carboxylic acids is 1. The number of nitrogens with zero attached hydrogens (tertiary/aromatic N) is 1. The van der Waals surface area contributed by atoms with Crippen molar-refractivity contribution in [2.24, 2.45) is 5.92 Å². The smallest absolute Gasteiger partial charge is 0.253 e. The predicted octanol–water partition coefficient (Wildman–Crippen LogP) is 3.09. The number of fused-ring (bicyclic) bond motifs is 1. The molecule has 0 radical (unpaired) electrons. The van der Waals surface area contributed by atoms with Crippen LogP contribution in [0.2, 0.25) is 0 Å². The zero-order chi connectivity index (χ0) is 17.1. The summed E-state index contributed by atoms with van der Waals surface area (Å²) in [6.07, 6.45) is 2.23. The van der Waals surface area contributed by atoms with Gasteiger partial charge < -0.3 is 15.0 Å². The average molecular weight is 336 g/mol. The summed E-state index contributed by atoms with van der Waals surface area (Å²) in [7, 11) is 0. The topological polar surface area (TPSA) is 41.6 Å². The summed E-state index contributed by atoms with van der Waals surface area (Å²) in [6, 6.07) is 18.2. The third-order valence-electron chi connectivity index (χ3n) is 5.27. The lowest BCUT2D eigenvalue weighted by atomic mass is 9.93. The number of hydrogen-bond donors (Lipinski definition) is 1. The molecule has 2 saturated heterocycles. The number of ether oxygens (including phenoxy) is 1. The van der Waals surface area contributed by atoms with Gasteiger partial charge in [0.1, 0.15) is 12.4 Å². The molecule has 0 spiro atoms. The minimum Gasteiger partial charge on any atom is -0.489 e. The highest BCUT2D eigenvalue weighted by Crippen LogP contribution is 2.26. The van der Waals surface area contributed by atoms with Crippen molar-refractivity contribution in [2.45, 2.75) is 25.5 Å². The number of likely N-dealkylation sites (tertiary alicyclic amines) is 1. The summed E-state index contributed by atoms with van der Waals surface area (Å²) in [6.45, 7) is 3.30. The Kier molecular flexibility index (Phi) is 4.70. The summed E-state index contributed by atoms with van der Waals surface area (Å²) < 4.78 is 5.86. The largest absolute Gasteiger partial charge is 0.489 e. The van der Waals surface area contributed by atoms with Gasteiger partial charge in [-0.2, -0.15) is 0 Å². The Morgan fingerprint density at radius 1 is 1.12 bits per heavy atom. The van der Waals surface area contributed by atoms with E-state index in [1.165, 1.54) is 6.42 Å². The quantitative estimate of drug-likeness (QED) is 0.933. The standard InChI is InChI=1S/C21H24N2O2/c24-21(23-12-10-20-18(14-23)9-11-22-20)17-7-4-8-19(13-17)25-15-16-5-2-1-3-6-16/h1-8,13,18,20,22H,9-12,14-15H2. The molecule has 2 aliphatic rings. The van der Waals surface area contributed by atoms with Crippen LogP contribution in [-0.4, -0.2) is 36.5 Å². The van der Waals surface area contributed by atoms with E-state index < -0.39 is 0 Å². The fourth-order valence-corrected chi connectivity index (χ4v) is 3.87. The molecule has 2 heterocycles. The number of benzene rings is 2. The van der Waals surface area contributed by atoms with Crippen LogP contribution in [0.5, 0.6) is 5.75 Å². The van der Waals surface area contributed by atoms with Gasteiger partial charge in [-0.15, -0.1) is 0 Å². The second-order valence-corrected chi connectivity index (χ2v) is 6.95. The molecule has 2 aliphatic heterocycles. The molecule has 0 bridgehead atoms. The van der Waals surface area contributed by atoms with Gasteiger partial charge >= 0.3 is 0 Å². The van der Waals surface area contributed by atoms with Crippen LogP contribution in [0, 0.1) is 5.92 Å². The third kappa shape index (κ3) is 3.69. The maximum absolute atomic E-state index is 12.9. The monoisotopic (exact) mass is 336 g/mol. The van der Waals surface area contributed by atoms with Crippen LogP contribution < -0.4 is 10.1 Å². The third-order valence-corrected chi connectivity index (χ3v) is 5.27. The van der Waals surface area contributed by atoms with Crippen LogP contribution >= 0.6 is 0 Å². The Balaban J connectivity index is 1.41. The van der Waals surface area contributed by atoms with E-state index in [9.17, 15) is 4.79 Å². The van der Waals surface area contributed by atoms with Crippen LogP contribution in [-0.2, 0) is 6.61 Å². The van der Waals surface area contributed by atoms with Gasteiger partial charge in [0.15, 0.2) is 0 Å². The van der Waals surface area contributed by atoms with E-state index in [0.29, 0.717) is 18.6 Å². The normalized spacial score (nSPS) is 22.5. The number of rotatable bonds is 4. The van der Waals surface area contributed by atoms with Crippen LogP contribution in [0.15, 0.2) is 54.6 Å². The van der Waals surface area contributed by atoms with Crippen molar-refractivity contribution in [3.63, 3.8) is 0 Å². The number of carbonyl (C=O) groups is 1. The highest BCUT2D eigenvalue weighted by molar-refractivity contribution is 5.94. The maximum atomic E-state index is 12.9. The minimum atomic E-state index is 0.121. The number of nitrogens with one attached hydrogen (secondary N) is 1. The molecular weight excluding hydrogens is 312 g/mol. The van der Waals surface area contributed by atoms with Gasteiger partial charge in [0.2, 0.25) is 0 Å². The Labute approximate surface area is 148 Å². The van der Waals surface area contributed by atoms with E-state index in [1.54, 1.807) is 0 Å². The highest BCUT2D eigenvalue weighted by Gasteiger charge is 2.34. The van der Waals surface area contributed by atoms with E-state index in [-0.39, 0.29) is 5.91 Å². The lowest BCUT2D eigenvalue weighted by Crippen LogP contribution is -2.46. The molecule has 130 valence electrons. The summed E-state index contributed by atoms with van der Waals surface area (Å²) >= 11 is 0. The van der Waals surface area contributed by atoms with Crippen molar-refractivity contribution < 1.29 is 9.53 Å². The minimum absolute atomic E-state index is 0.121. The van der Waals surface area contributed by atoms with E-state index in [1.807, 2.05) is 59.5 Å². The van der Waals surface area contributed by atoms with Crippen LogP contribution in [0.3, 0.4) is 0 Å². The Morgan fingerprint density at radius 3 is 2.88 bits per heavy atom. The molecule has 4 heteroatoms. The molecule has 2 atom stereocenters. The molecule has 25 heavy (non-hydrogen) atoms. The van der Waals surface area contributed by atoms with Crippen LogP contribution in [0.25, 0.3) is 0 Å². The molecule has 2 unspecified atom stereocenters. The van der Waals surface area contributed by atoms with E-state index in [4.69, 9.17) is 4.74 Å². The zero-order valence-electron chi connectivity index (χ0n) is 14.4. The highest BCUT2D eigenvalue weighted by atomic mass is 16.5. The van der Waals surface area contributed by atoms with Gasteiger partial charge in [0.05, 0.1) is 0 Å².